The molecule has 2 rings (SSSR count). The third-order valence-electron chi connectivity index (χ3n) is 4.10. The Morgan fingerprint density at radius 3 is 2.87 bits per heavy atom. The summed E-state index contributed by atoms with van der Waals surface area (Å²) in [5.74, 6) is 2.68. The van der Waals surface area contributed by atoms with Gasteiger partial charge < -0.3 is 10.2 Å². The summed E-state index contributed by atoms with van der Waals surface area (Å²) in [7, 11) is 0. The van der Waals surface area contributed by atoms with E-state index in [4.69, 9.17) is 0 Å². The van der Waals surface area contributed by atoms with Crippen LogP contribution < -0.4 is 5.32 Å². The average molecular weight is 210 g/mol. The molecular formula is C13H26N2. The summed E-state index contributed by atoms with van der Waals surface area (Å²) >= 11 is 0. The van der Waals surface area contributed by atoms with Crippen LogP contribution in [-0.2, 0) is 0 Å². The number of piperidine rings is 2. The summed E-state index contributed by atoms with van der Waals surface area (Å²) in [5, 5.41) is 3.64. The highest BCUT2D eigenvalue weighted by Gasteiger charge is 2.33. The van der Waals surface area contributed by atoms with E-state index >= 15 is 0 Å². The van der Waals surface area contributed by atoms with Crippen LogP contribution in [0.25, 0.3) is 0 Å². The van der Waals surface area contributed by atoms with E-state index in [2.05, 4.69) is 31.0 Å². The van der Waals surface area contributed by atoms with Crippen LogP contribution in [0.5, 0.6) is 0 Å². The minimum Gasteiger partial charge on any atom is -0.314 e. The molecule has 0 saturated carbocycles. The first kappa shape index (κ1) is 11.4. The van der Waals surface area contributed by atoms with Crippen LogP contribution in [0.15, 0.2) is 0 Å². The highest BCUT2D eigenvalue weighted by molar-refractivity contribution is 4.90. The van der Waals surface area contributed by atoms with Gasteiger partial charge in [-0.1, -0.05) is 13.8 Å². The van der Waals surface area contributed by atoms with Gasteiger partial charge in [-0.2, -0.15) is 0 Å². The Balaban J connectivity index is 1.83. The molecule has 15 heavy (non-hydrogen) atoms. The number of rotatable bonds is 3. The van der Waals surface area contributed by atoms with Gasteiger partial charge in [0.1, 0.15) is 0 Å². The Hall–Kier alpha value is -0.0800. The van der Waals surface area contributed by atoms with Gasteiger partial charge in [-0.3, -0.25) is 0 Å². The Bertz CT molecular complexity index is 203. The minimum atomic E-state index is 0.739. The second kappa shape index (κ2) is 4.84. The summed E-state index contributed by atoms with van der Waals surface area (Å²) in [6.45, 7) is 12.2. The lowest BCUT2D eigenvalue weighted by molar-refractivity contribution is 0.0701. The monoisotopic (exact) mass is 210 g/mol. The van der Waals surface area contributed by atoms with Crippen molar-refractivity contribution in [1.82, 2.24) is 10.2 Å². The smallest absolute Gasteiger partial charge is 0.00794 e. The lowest BCUT2D eigenvalue weighted by atomic mass is 9.81. The quantitative estimate of drug-likeness (QED) is 0.766. The zero-order valence-electron chi connectivity index (χ0n) is 10.5. The molecule has 0 radical (unpaired) electrons. The van der Waals surface area contributed by atoms with Gasteiger partial charge in [0.25, 0.3) is 0 Å². The molecule has 2 heterocycles. The second-order valence-corrected chi connectivity index (χ2v) is 6.00. The molecule has 1 N–H and O–H groups in total. The van der Waals surface area contributed by atoms with Crippen molar-refractivity contribution in [2.75, 3.05) is 26.2 Å². The third kappa shape index (κ3) is 2.94. The fourth-order valence-corrected chi connectivity index (χ4v) is 3.00. The van der Waals surface area contributed by atoms with Gasteiger partial charge >= 0.3 is 0 Å². The fraction of sp³-hybridized carbons (Fsp3) is 1.00. The van der Waals surface area contributed by atoms with Gasteiger partial charge in [-0.05, 0) is 50.6 Å². The molecule has 2 aliphatic rings. The van der Waals surface area contributed by atoms with Gasteiger partial charge in [0, 0.05) is 19.1 Å². The molecular weight excluding hydrogens is 184 g/mol. The van der Waals surface area contributed by atoms with Gasteiger partial charge in [-0.25, -0.2) is 0 Å². The number of nitrogens with zero attached hydrogens (tertiary/aromatic N) is 1. The first-order chi connectivity index (χ1) is 7.15. The summed E-state index contributed by atoms with van der Waals surface area (Å²) in [6.07, 6.45) is 2.83. The van der Waals surface area contributed by atoms with E-state index in [9.17, 15) is 0 Å². The largest absolute Gasteiger partial charge is 0.314 e. The number of hydrogen-bond donors (Lipinski definition) is 1. The molecule has 0 spiro atoms. The topological polar surface area (TPSA) is 15.3 Å². The van der Waals surface area contributed by atoms with Crippen LogP contribution in [0.4, 0.5) is 0 Å². The zero-order valence-corrected chi connectivity index (χ0v) is 10.5. The summed E-state index contributed by atoms with van der Waals surface area (Å²) in [4.78, 5) is 2.70. The lowest BCUT2D eigenvalue weighted by Gasteiger charge is -2.45. The van der Waals surface area contributed by atoms with E-state index in [0.717, 1.165) is 23.8 Å². The molecule has 0 aromatic rings. The Labute approximate surface area is 94.4 Å². The lowest BCUT2D eigenvalue weighted by Crippen LogP contribution is -2.55. The fourth-order valence-electron chi connectivity index (χ4n) is 3.00. The first-order valence-corrected chi connectivity index (χ1v) is 6.61. The van der Waals surface area contributed by atoms with Crippen LogP contribution in [0.2, 0.25) is 0 Å². The molecule has 0 unspecified atom stereocenters. The van der Waals surface area contributed by atoms with Gasteiger partial charge in [-0.15, -0.1) is 0 Å². The number of nitrogens with one attached hydrogen (secondary N) is 1. The van der Waals surface area contributed by atoms with Crippen molar-refractivity contribution in [2.24, 2.45) is 17.8 Å². The minimum absolute atomic E-state index is 0.739. The molecule has 0 aliphatic carbocycles. The van der Waals surface area contributed by atoms with Crippen LogP contribution >= 0.6 is 0 Å². The predicted octanol–water partition coefficient (Wildman–Crippen LogP) is 1.96. The van der Waals surface area contributed by atoms with Crippen molar-refractivity contribution in [3.8, 4) is 0 Å². The van der Waals surface area contributed by atoms with Crippen LogP contribution in [0.3, 0.4) is 0 Å². The van der Waals surface area contributed by atoms with Crippen LogP contribution in [0.1, 0.15) is 33.6 Å². The maximum atomic E-state index is 3.64. The maximum Gasteiger partial charge on any atom is 0.00794 e. The van der Waals surface area contributed by atoms with E-state index in [1.165, 1.54) is 39.0 Å². The Morgan fingerprint density at radius 1 is 1.33 bits per heavy atom. The van der Waals surface area contributed by atoms with E-state index in [1.54, 1.807) is 0 Å². The average Bonchev–Trinajstić information content (AvgIpc) is 2.21. The number of likely N-dealkylation sites (tertiary alicyclic amines) is 1. The van der Waals surface area contributed by atoms with E-state index in [0.29, 0.717) is 0 Å². The van der Waals surface area contributed by atoms with Crippen molar-refractivity contribution in [1.29, 1.82) is 0 Å². The predicted molar refractivity (Wildman–Crippen MR) is 65.0 cm³/mol. The number of fused-ring (bicyclic) bond motifs is 2. The van der Waals surface area contributed by atoms with Crippen molar-refractivity contribution >= 4 is 0 Å². The van der Waals surface area contributed by atoms with Gasteiger partial charge in [0.15, 0.2) is 0 Å². The second-order valence-electron chi connectivity index (χ2n) is 6.00. The normalized spacial score (nSPS) is 37.2. The van der Waals surface area contributed by atoms with Crippen LogP contribution in [0, 0.1) is 17.8 Å². The summed E-state index contributed by atoms with van der Waals surface area (Å²) in [6, 6.07) is 0.739. The Morgan fingerprint density at radius 2 is 2.13 bits per heavy atom. The van der Waals surface area contributed by atoms with Gasteiger partial charge in [0.2, 0.25) is 0 Å². The molecule has 88 valence electrons. The maximum absolute atomic E-state index is 3.64. The molecule has 2 nitrogen and oxygen atoms in total. The van der Waals surface area contributed by atoms with Crippen molar-refractivity contribution in [3.63, 3.8) is 0 Å². The molecule has 0 aromatic heterocycles. The SMILES string of the molecule is CC(C)CCN1C[C@@H]2CN[C@H](C)[C@@H](C2)C1. The molecule has 0 aromatic carbocycles. The molecule has 3 atom stereocenters. The molecule has 0 amide bonds. The van der Waals surface area contributed by atoms with Crippen molar-refractivity contribution in [3.05, 3.63) is 0 Å². The van der Waals surface area contributed by atoms with Gasteiger partial charge in [0.05, 0.1) is 0 Å². The van der Waals surface area contributed by atoms with E-state index in [-0.39, 0.29) is 0 Å². The summed E-state index contributed by atoms with van der Waals surface area (Å²) < 4.78 is 0. The highest BCUT2D eigenvalue weighted by Crippen LogP contribution is 2.28. The van der Waals surface area contributed by atoms with E-state index < -0.39 is 0 Å². The molecule has 2 heteroatoms. The molecule has 2 saturated heterocycles. The molecule has 2 bridgehead atoms. The highest BCUT2D eigenvalue weighted by atomic mass is 15.2. The van der Waals surface area contributed by atoms with E-state index in [1.807, 2.05) is 0 Å². The third-order valence-corrected chi connectivity index (χ3v) is 4.10. The first-order valence-electron chi connectivity index (χ1n) is 6.61. The zero-order chi connectivity index (χ0) is 10.8. The Kier molecular flexibility index (Phi) is 3.68. The van der Waals surface area contributed by atoms with Crippen LogP contribution in [-0.4, -0.2) is 37.1 Å². The molecule has 2 aliphatic heterocycles. The van der Waals surface area contributed by atoms with Crippen molar-refractivity contribution < 1.29 is 0 Å². The standard InChI is InChI=1S/C13H26N2/c1-10(2)4-5-15-8-12-6-13(9-15)11(3)14-7-12/h10-14H,4-9H2,1-3H3/t11-,12+,13+/m1/s1. The number of hydrogen-bond acceptors (Lipinski definition) is 2. The van der Waals surface area contributed by atoms with Crippen molar-refractivity contribution in [2.45, 2.75) is 39.7 Å². The summed E-state index contributed by atoms with van der Waals surface area (Å²) in [5.41, 5.74) is 0. The molecule has 2 fully saturated rings.